The molecule has 1 atom stereocenters. The second-order valence-electron chi connectivity index (χ2n) is 5.65. The van der Waals surface area contributed by atoms with Crippen molar-refractivity contribution in [1.82, 2.24) is 5.32 Å². The van der Waals surface area contributed by atoms with Crippen LogP contribution in [0, 0.1) is 5.82 Å². The molecule has 0 saturated carbocycles. The van der Waals surface area contributed by atoms with Crippen molar-refractivity contribution in [2.45, 2.75) is 26.2 Å². The Morgan fingerprint density at radius 2 is 2.04 bits per heavy atom. The summed E-state index contributed by atoms with van der Waals surface area (Å²) >= 11 is 0. The molecule has 5 heteroatoms. The fraction of sp³-hybridized carbons (Fsp3) is 0.333. The Morgan fingerprint density at radius 1 is 1.22 bits per heavy atom. The monoisotopic (exact) mass is 317 g/mol. The number of ether oxygens (including phenoxy) is 3. The Kier molecular flexibility index (Phi) is 4.39. The summed E-state index contributed by atoms with van der Waals surface area (Å²) in [7, 11) is 1.81. The van der Waals surface area contributed by atoms with E-state index in [1.54, 1.807) is 6.07 Å². The maximum Gasteiger partial charge on any atom is 0.184 e. The molecule has 0 saturated heterocycles. The van der Waals surface area contributed by atoms with Gasteiger partial charge in [-0.05, 0) is 39.1 Å². The summed E-state index contributed by atoms with van der Waals surface area (Å²) in [6.45, 7) is 4.25. The fourth-order valence-corrected chi connectivity index (χ4v) is 2.52. The normalized spacial score (nSPS) is 16.5. The van der Waals surface area contributed by atoms with Gasteiger partial charge < -0.3 is 14.2 Å². The van der Waals surface area contributed by atoms with Crippen LogP contribution in [0.5, 0.6) is 17.2 Å². The third-order valence-corrected chi connectivity index (χ3v) is 3.55. The predicted octanol–water partition coefficient (Wildman–Crippen LogP) is 3.60. The number of hydrogen-bond acceptors (Lipinski definition) is 4. The number of rotatable bonds is 4. The summed E-state index contributed by atoms with van der Waals surface area (Å²) in [6.07, 6.45) is -0.282. The molecule has 0 spiro atoms. The standard InChI is InChI=1S/C18H20FNO3/c1-11(2)22-16-9-12(19)7-8-13(16)14-5-4-6-15-18(14)23-17(20-3)10-21-15/h4-9,11,17,20H,10H2,1-3H3/t17-/m0/s1. The summed E-state index contributed by atoms with van der Waals surface area (Å²) in [5.74, 6) is 1.47. The molecule has 1 aliphatic rings. The quantitative estimate of drug-likeness (QED) is 0.935. The lowest BCUT2D eigenvalue weighted by Crippen LogP contribution is -2.39. The molecule has 0 radical (unpaired) electrons. The Balaban J connectivity index is 2.09. The number of nitrogens with one attached hydrogen (secondary N) is 1. The molecule has 1 heterocycles. The first-order chi connectivity index (χ1) is 11.1. The van der Waals surface area contributed by atoms with E-state index in [-0.39, 0.29) is 18.1 Å². The molecule has 2 aromatic rings. The number of benzene rings is 2. The topological polar surface area (TPSA) is 39.7 Å². The highest BCUT2D eigenvalue weighted by Crippen LogP contribution is 2.44. The van der Waals surface area contributed by atoms with Gasteiger partial charge in [0.2, 0.25) is 0 Å². The van der Waals surface area contributed by atoms with Crippen molar-refractivity contribution in [3.05, 3.63) is 42.2 Å². The van der Waals surface area contributed by atoms with Gasteiger partial charge in [0.05, 0.1) is 6.10 Å². The smallest absolute Gasteiger partial charge is 0.184 e. The minimum absolute atomic E-state index is 0.0580. The summed E-state index contributed by atoms with van der Waals surface area (Å²) in [4.78, 5) is 0. The van der Waals surface area contributed by atoms with Crippen molar-refractivity contribution < 1.29 is 18.6 Å². The van der Waals surface area contributed by atoms with E-state index in [1.165, 1.54) is 12.1 Å². The average molecular weight is 317 g/mol. The van der Waals surface area contributed by atoms with Crippen molar-refractivity contribution in [2.75, 3.05) is 13.7 Å². The first kappa shape index (κ1) is 15.6. The molecule has 1 aliphatic heterocycles. The Labute approximate surface area is 135 Å². The van der Waals surface area contributed by atoms with E-state index in [0.29, 0.717) is 23.9 Å². The highest BCUT2D eigenvalue weighted by atomic mass is 19.1. The summed E-state index contributed by atoms with van der Waals surface area (Å²) in [5.41, 5.74) is 1.59. The van der Waals surface area contributed by atoms with Crippen molar-refractivity contribution >= 4 is 0 Å². The van der Waals surface area contributed by atoms with Gasteiger partial charge in [0, 0.05) is 17.2 Å². The van der Waals surface area contributed by atoms with Crippen LogP contribution in [0.3, 0.4) is 0 Å². The van der Waals surface area contributed by atoms with Crippen LogP contribution in [-0.4, -0.2) is 26.0 Å². The second kappa shape index (κ2) is 6.46. The van der Waals surface area contributed by atoms with Crippen LogP contribution in [0.15, 0.2) is 36.4 Å². The van der Waals surface area contributed by atoms with Gasteiger partial charge in [-0.3, -0.25) is 5.32 Å². The molecule has 4 nitrogen and oxygen atoms in total. The van der Waals surface area contributed by atoms with Gasteiger partial charge in [0.15, 0.2) is 17.7 Å². The van der Waals surface area contributed by atoms with Gasteiger partial charge >= 0.3 is 0 Å². The maximum atomic E-state index is 13.6. The van der Waals surface area contributed by atoms with Crippen LogP contribution in [0.2, 0.25) is 0 Å². The molecule has 0 aliphatic carbocycles. The van der Waals surface area contributed by atoms with Gasteiger partial charge in [-0.25, -0.2) is 4.39 Å². The molecule has 23 heavy (non-hydrogen) atoms. The molecule has 122 valence electrons. The van der Waals surface area contributed by atoms with Gasteiger partial charge in [-0.2, -0.15) is 0 Å². The molecule has 0 aromatic heterocycles. The lowest BCUT2D eigenvalue weighted by molar-refractivity contribution is 0.0733. The minimum atomic E-state index is -0.334. The third-order valence-electron chi connectivity index (χ3n) is 3.55. The highest BCUT2D eigenvalue weighted by Gasteiger charge is 2.24. The number of hydrogen-bond donors (Lipinski definition) is 1. The predicted molar refractivity (Wildman–Crippen MR) is 86.6 cm³/mol. The second-order valence-corrected chi connectivity index (χ2v) is 5.65. The number of likely N-dealkylation sites (N-methyl/N-ethyl adjacent to an activating group) is 1. The SMILES string of the molecule is CN[C@@H]1COc2cccc(-c3ccc(F)cc3OC(C)C)c2O1. The minimum Gasteiger partial charge on any atom is -0.490 e. The Morgan fingerprint density at radius 3 is 2.78 bits per heavy atom. The van der Waals surface area contributed by atoms with Crippen LogP contribution in [0.25, 0.3) is 11.1 Å². The van der Waals surface area contributed by atoms with E-state index in [2.05, 4.69) is 5.32 Å². The van der Waals surface area contributed by atoms with Crippen molar-refractivity contribution in [1.29, 1.82) is 0 Å². The van der Waals surface area contributed by atoms with Gasteiger partial charge in [0.25, 0.3) is 0 Å². The molecular formula is C18H20FNO3. The van der Waals surface area contributed by atoms with Crippen molar-refractivity contribution in [3.8, 4) is 28.4 Å². The first-order valence-electron chi connectivity index (χ1n) is 7.65. The number of halogens is 1. The Bertz CT molecular complexity index is 703. The van der Waals surface area contributed by atoms with E-state index in [1.807, 2.05) is 39.1 Å². The van der Waals surface area contributed by atoms with Crippen LogP contribution < -0.4 is 19.5 Å². The maximum absolute atomic E-state index is 13.6. The van der Waals surface area contributed by atoms with Crippen LogP contribution in [-0.2, 0) is 0 Å². The van der Waals surface area contributed by atoms with Crippen LogP contribution in [0.1, 0.15) is 13.8 Å². The third kappa shape index (κ3) is 3.24. The zero-order valence-electron chi connectivity index (χ0n) is 13.4. The molecule has 3 rings (SSSR count). The summed E-state index contributed by atoms with van der Waals surface area (Å²) < 4.78 is 31.1. The number of fused-ring (bicyclic) bond motifs is 1. The molecule has 1 N–H and O–H groups in total. The van der Waals surface area contributed by atoms with Crippen molar-refractivity contribution in [3.63, 3.8) is 0 Å². The lowest BCUT2D eigenvalue weighted by Gasteiger charge is -2.28. The van der Waals surface area contributed by atoms with Gasteiger partial charge in [-0.15, -0.1) is 0 Å². The molecule has 2 aromatic carbocycles. The first-order valence-corrected chi connectivity index (χ1v) is 7.65. The van der Waals surface area contributed by atoms with E-state index >= 15 is 0 Å². The van der Waals surface area contributed by atoms with Crippen molar-refractivity contribution in [2.24, 2.45) is 0 Å². The van der Waals surface area contributed by atoms with E-state index in [9.17, 15) is 4.39 Å². The molecule has 0 unspecified atom stereocenters. The van der Waals surface area contributed by atoms with Gasteiger partial charge in [-0.1, -0.05) is 12.1 Å². The van der Waals surface area contributed by atoms with Gasteiger partial charge in [0.1, 0.15) is 18.2 Å². The van der Waals surface area contributed by atoms with E-state index < -0.39 is 0 Å². The summed E-state index contributed by atoms with van der Waals surface area (Å²) in [6, 6.07) is 10.2. The molecule has 0 bridgehead atoms. The molecular weight excluding hydrogens is 297 g/mol. The Hall–Kier alpha value is -2.27. The van der Waals surface area contributed by atoms with Crippen LogP contribution >= 0.6 is 0 Å². The zero-order valence-corrected chi connectivity index (χ0v) is 13.4. The number of para-hydroxylation sites is 1. The molecule has 0 amide bonds. The average Bonchev–Trinajstić information content (AvgIpc) is 2.53. The van der Waals surface area contributed by atoms with E-state index in [4.69, 9.17) is 14.2 Å². The summed E-state index contributed by atoms with van der Waals surface area (Å²) in [5, 5.41) is 3.04. The fourth-order valence-electron chi connectivity index (χ4n) is 2.52. The van der Waals surface area contributed by atoms with E-state index in [0.717, 1.165) is 11.1 Å². The van der Waals surface area contributed by atoms with Crippen LogP contribution in [0.4, 0.5) is 4.39 Å². The molecule has 0 fully saturated rings. The largest absolute Gasteiger partial charge is 0.490 e. The zero-order chi connectivity index (χ0) is 16.4. The highest BCUT2D eigenvalue weighted by molar-refractivity contribution is 5.78. The lowest BCUT2D eigenvalue weighted by atomic mass is 10.0.